The molecule has 3 nitrogen and oxygen atoms in total. The molecule has 0 atom stereocenters. The molecule has 0 radical (unpaired) electrons. The Morgan fingerprint density at radius 1 is 1.16 bits per heavy atom. The third-order valence-electron chi connectivity index (χ3n) is 2.81. The Labute approximate surface area is 121 Å². The summed E-state index contributed by atoms with van der Waals surface area (Å²) < 4.78 is 1.91. The fourth-order valence-electron chi connectivity index (χ4n) is 1.95. The highest BCUT2D eigenvalue weighted by atomic mass is 35.5. The zero-order valence-electron chi connectivity index (χ0n) is 10.7. The van der Waals surface area contributed by atoms with Crippen molar-refractivity contribution in [3.8, 4) is 5.69 Å². The average Bonchev–Trinajstić information content (AvgIpc) is 2.31. The maximum atomic E-state index is 11.8. The summed E-state index contributed by atoms with van der Waals surface area (Å²) in [7, 11) is 1.81. The van der Waals surface area contributed by atoms with Crippen LogP contribution < -0.4 is 10.7 Å². The van der Waals surface area contributed by atoms with Crippen LogP contribution in [-0.2, 0) is 6.54 Å². The van der Waals surface area contributed by atoms with Crippen molar-refractivity contribution in [2.75, 3.05) is 7.05 Å². The molecule has 0 aliphatic rings. The molecule has 0 fully saturated rings. The van der Waals surface area contributed by atoms with Gasteiger partial charge in [-0.3, -0.25) is 4.79 Å². The van der Waals surface area contributed by atoms with Crippen molar-refractivity contribution in [2.24, 2.45) is 0 Å². The summed E-state index contributed by atoms with van der Waals surface area (Å²) in [6.07, 6.45) is 1.82. The predicted molar refractivity (Wildman–Crippen MR) is 79.6 cm³/mol. The van der Waals surface area contributed by atoms with E-state index < -0.39 is 0 Å². The van der Waals surface area contributed by atoms with E-state index in [4.69, 9.17) is 23.2 Å². The van der Waals surface area contributed by atoms with Crippen molar-refractivity contribution in [3.05, 3.63) is 62.0 Å². The van der Waals surface area contributed by atoms with Crippen molar-refractivity contribution in [1.29, 1.82) is 0 Å². The number of nitrogens with zero attached hydrogens (tertiary/aromatic N) is 1. The van der Waals surface area contributed by atoms with Crippen molar-refractivity contribution in [3.63, 3.8) is 0 Å². The van der Waals surface area contributed by atoms with Gasteiger partial charge in [0.1, 0.15) is 0 Å². The van der Waals surface area contributed by atoms with Gasteiger partial charge in [-0.25, -0.2) is 0 Å². The summed E-state index contributed by atoms with van der Waals surface area (Å²) >= 11 is 12.0. The smallest absolute Gasteiger partial charge is 0.186 e. The van der Waals surface area contributed by atoms with Gasteiger partial charge in [0.25, 0.3) is 0 Å². The minimum absolute atomic E-state index is 0.0243. The van der Waals surface area contributed by atoms with Crippen molar-refractivity contribution in [1.82, 2.24) is 9.88 Å². The summed E-state index contributed by atoms with van der Waals surface area (Å²) in [5.41, 5.74) is 2.40. The van der Waals surface area contributed by atoms with E-state index >= 15 is 0 Å². The molecule has 100 valence electrons. The molecular formula is C14H14Cl2N2O. The van der Waals surface area contributed by atoms with E-state index in [1.54, 1.807) is 19.2 Å². The van der Waals surface area contributed by atoms with Crippen LogP contribution in [0, 0.1) is 6.92 Å². The Morgan fingerprint density at radius 2 is 1.79 bits per heavy atom. The normalized spacial score (nSPS) is 10.7. The third kappa shape index (κ3) is 3.18. The second-order valence-corrected chi connectivity index (χ2v) is 5.21. The first-order chi connectivity index (χ1) is 9.01. The molecule has 1 heterocycles. The van der Waals surface area contributed by atoms with Crippen LogP contribution in [0.15, 0.2) is 35.3 Å². The van der Waals surface area contributed by atoms with Crippen LogP contribution in [0.5, 0.6) is 0 Å². The van der Waals surface area contributed by atoms with E-state index in [0.717, 1.165) is 11.4 Å². The van der Waals surface area contributed by atoms with Crippen LogP contribution in [0.25, 0.3) is 5.69 Å². The van der Waals surface area contributed by atoms with Gasteiger partial charge >= 0.3 is 0 Å². The van der Waals surface area contributed by atoms with E-state index in [9.17, 15) is 4.79 Å². The van der Waals surface area contributed by atoms with Gasteiger partial charge in [0, 0.05) is 45.8 Å². The quantitative estimate of drug-likeness (QED) is 0.944. The summed E-state index contributed by atoms with van der Waals surface area (Å²) in [4.78, 5) is 11.8. The maximum Gasteiger partial charge on any atom is 0.186 e. The van der Waals surface area contributed by atoms with Crippen LogP contribution in [0.4, 0.5) is 0 Å². The lowest BCUT2D eigenvalue weighted by molar-refractivity contribution is 0.794. The fraction of sp³-hybridized carbons (Fsp3) is 0.214. The summed E-state index contributed by atoms with van der Waals surface area (Å²) in [6, 6.07) is 6.92. The molecule has 0 aliphatic carbocycles. The zero-order valence-corrected chi connectivity index (χ0v) is 12.2. The molecule has 5 heteroatoms. The number of pyridine rings is 1. The number of nitrogens with one attached hydrogen (secondary N) is 1. The molecular weight excluding hydrogens is 283 g/mol. The first kappa shape index (κ1) is 14.1. The standard InChI is InChI=1S/C14H14Cl2N2O/c1-9-3-14(19)10(7-17-2)8-18(9)13-5-11(15)4-12(16)6-13/h3-6,8,17H,7H2,1-2H3. The van der Waals surface area contributed by atoms with E-state index in [2.05, 4.69) is 5.32 Å². The highest BCUT2D eigenvalue weighted by molar-refractivity contribution is 6.34. The topological polar surface area (TPSA) is 34.0 Å². The minimum Gasteiger partial charge on any atom is -0.320 e. The Morgan fingerprint density at radius 3 is 2.37 bits per heavy atom. The lowest BCUT2D eigenvalue weighted by Crippen LogP contribution is -2.19. The molecule has 0 saturated carbocycles. The number of hydrogen-bond acceptors (Lipinski definition) is 2. The largest absolute Gasteiger partial charge is 0.320 e. The summed E-state index contributed by atoms with van der Waals surface area (Å²) in [6.45, 7) is 2.40. The van der Waals surface area contributed by atoms with E-state index in [-0.39, 0.29) is 5.43 Å². The lowest BCUT2D eigenvalue weighted by Gasteiger charge is -2.13. The van der Waals surface area contributed by atoms with Gasteiger partial charge in [0.15, 0.2) is 5.43 Å². The molecule has 19 heavy (non-hydrogen) atoms. The van der Waals surface area contributed by atoms with Crippen LogP contribution in [0.1, 0.15) is 11.3 Å². The molecule has 0 unspecified atom stereocenters. The van der Waals surface area contributed by atoms with E-state index in [1.807, 2.05) is 29.8 Å². The number of aromatic nitrogens is 1. The highest BCUT2D eigenvalue weighted by Gasteiger charge is 2.06. The van der Waals surface area contributed by atoms with Crippen LogP contribution >= 0.6 is 23.2 Å². The summed E-state index contributed by atoms with van der Waals surface area (Å²) in [5.74, 6) is 0. The Hall–Kier alpha value is -1.29. The van der Waals surface area contributed by atoms with Crippen LogP contribution in [-0.4, -0.2) is 11.6 Å². The molecule has 0 bridgehead atoms. The van der Waals surface area contributed by atoms with E-state index in [1.165, 1.54) is 0 Å². The van der Waals surface area contributed by atoms with Gasteiger partial charge in [-0.2, -0.15) is 0 Å². The molecule has 1 N–H and O–H groups in total. The number of rotatable bonds is 3. The number of hydrogen-bond donors (Lipinski definition) is 1. The summed E-state index contributed by atoms with van der Waals surface area (Å²) in [5, 5.41) is 4.11. The monoisotopic (exact) mass is 296 g/mol. The molecule has 0 amide bonds. The molecule has 2 rings (SSSR count). The van der Waals surface area contributed by atoms with E-state index in [0.29, 0.717) is 22.2 Å². The van der Waals surface area contributed by atoms with Gasteiger partial charge in [-0.1, -0.05) is 23.2 Å². The first-order valence-electron chi connectivity index (χ1n) is 5.84. The van der Waals surface area contributed by atoms with Crippen molar-refractivity contribution < 1.29 is 0 Å². The van der Waals surface area contributed by atoms with Crippen molar-refractivity contribution in [2.45, 2.75) is 13.5 Å². The maximum absolute atomic E-state index is 11.8. The second kappa shape index (κ2) is 5.78. The molecule has 2 aromatic rings. The van der Waals surface area contributed by atoms with Gasteiger partial charge in [0.2, 0.25) is 0 Å². The van der Waals surface area contributed by atoms with Gasteiger partial charge in [-0.15, -0.1) is 0 Å². The molecule has 0 spiro atoms. The van der Waals surface area contributed by atoms with Gasteiger partial charge < -0.3 is 9.88 Å². The SMILES string of the molecule is CNCc1cn(-c2cc(Cl)cc(Cl)c2)c(C)cc1=O. The highest BCUT2D eigenvalue weighted by Crippen LogP contribution is 2.22. The second-order valence-electron chi connectivity index (χ2n) is 4.33. The first-order valence-corrected chi connectivity index (χ1v) is 6.60. The molecule has 0 saturated heterocycles. The van der Waals surface area contributed by atoms with Crippen LogP contribution in [0.3, 0.4) is 0 Å². The minimum atomic E-state index is 0.0243. The lowest BCUT2D eigenvalue weighted by atomic mass is 10.2. The third-order valence-corrected chi connectivity index (χ3v) is 3.25. The van der Waals surface area contributed by atoms with Crippen LogP contribution in [0.2, 0.25) is 10.0 Å². The van der Waals surface area contributed by atoms with Crippen molar-refractivity contribution >= 4 is 23.2 Å². The number of benzene rings is 1. The predicted octanol–water partition coefficient (Wildman–Crippen LogP) is 3.17. The number of halogens is 2. The molecule has 0 aliphatic heterocycles. The average molecular weight is 297 g/mol. The zero-order chi connectivity index (χ0) is 14.0. The van der Waals surface area contributed by atoms with Gasteiger partial charge in [0.05, 0.1) is 0 Å². The number of aryl methyl sites for hydroxylation is 1. The Bertz CT molecular complexity index is 645. The fourth-order valence-corrected chi connectivity index (χ4v) is 2.47. The Kier molecular flexibility index (Phi) is 4.30. The Balaban J connectivity index is 2.60. The van der Waals surface area contributed by atoms with Gasteiger partial charge in [-0.05, 0) is 32.2 Å². The molecule has 1 aromatic carbocycles. The molecule has 1 aromatic heterocycles.